The van der Waals surface area contributed by atoms with E-state index in [1.54, 1.807) is 18.2 Å². The lowest BCUT2D eigenvalue weighted by Crippen LogP contribution is -2.31. The minimum absolute atomic E-state index is 0.109. The molecule has 0 bridgehead atoms. The number of sulfone groups is 1. The number of rotatable bonds is 8. The molecule has 2 atom stereocenters. The summed E-state index contributed by atoms with van der Waals surface area (Å²) in [6.07, 6.45) is 0.320. The van der Waals surface area contributed by atoms with Gasteiger partial charge in [-0.15, -0.1) is 0 Å². The molecular formula is C14H24N2O3S. The van der Waals surface area contributed by atoms with Crippen molar-refractivity contribution in [1.82, 2.24) is 5.32 Å². The Labute approximate surface area is 121 Å². The van der Waals surface area contributed by atoms with Crippen LogP contribution >= 0.6 is 0 Å². The normalized spacial score (nSPS) is 15.0. The average Bonchev–Trinajstić information content (AvgIpc) is 2.44. The van der Waals surface area contributed by atoms with E-state index in [2.05, 4.69) is 5.32 Å². The number of hydrogen-bond donors (Lipinski definition) is 3. The van der Waals surface area contributed by atoms with Crippen LogP contribution in [0.25, 0.3) is 0 Å². The highest BCUT2D eigenvalue weighted by Gasteiger charge is 2.19. The molecule has 0 aliphatic carbocycles. The minimum atomic E-state index is -3.27. The Morgan fingerprint density at radius 1 is 1.40 bits per heavy atom. The first-order valence-electron chi connectivity index (χ1n) is 6.83. The van der Waals surface area contributed by atoms with Crippen LogP contribution in [0.3, 0.4) is 0 Å². The van der Waals surface area contributed by atoms with Crippen LogP contribution in [-0.2, 0) is 9.84 Å². The van der Waals surface area contributed by atoms with E-state index in [1.807, 2.05) is 14.0 Å². The zero-order chi connectivity index (χ0) is 15.2. The van der Waals surface area contributed by atoms with Crippen molar-refractivity contribution in [2.45, 2.75) is 36.8 Å². The van der Waals surface area contributed by atoms with Gasteiger partial charge in [-0.3, -0.25) is 0 Å². The molecule has 6 heteroatoms. The van der Waals surface area contributed by atoms with Crippen molar-refractivity contribution in [3.63, 3.8) is 0 Å². The average molecular weight is 300 g/mol. The van der Waals surface area contributed by atoms with Crippen LogP contribution in [0, 0.1) is 0 Å². The van der Waals surface area contributed by atoms with Crippen LogP contribution in [0.5, 0.6) is 0 Å². The van der Waals surface area contributed by atoms with Gasteiger partial charge in [0, 0.05) is 6.04 Å². The van der Waals surface area contributed by atoms with E-state index >= 15 is 0 Å². The van der Waals surface area contributed by atoms with Crippen LogP contribution in [-0.4, -0.2) is 38.9 Å². The van der Waals surface area contributed by atoms with Gasteiger partial charge in [-0.05, 0) is 44.1 Å². The van der Waals surface area contributed by atoms with Crippen molar-refractivity contribution in [1.29, 1.82) is 0 Å². The molecule has 0 amide bonds. The molecule has 0 fully saturated rings. The Kier molecular flexibility index (Phi) is 6.61. The molecule has 0 saturated carbocycles. The maximum Gasteiger partial charge on any atom is 0.178 e. The summed E-state index contributed by atoms with van der Waals surface area (Å²) >= 11 is 0. The number of hydrogen-bond acceptors (Lipinski definition) is 5. The van der Waals surface area contributed by atoms with Crippen LogP contribution in [0.1, 0.15) is 31.4 Å². The lowest BCUT2D eigenvalue weighted by molar-refractivity contribution is 0.142. The summed E-state index contributed by atoms with van der Waals surface area (Å²) in [5.41, 5.74) is 6.46. The fraction of sp³-hybridized carbons (Fsp3) is 0.571. The molecule has 4 N–H and O–H groups in total. The largest absolute Gasteiger partial charge is 0.387 e. The number of aliphatic hydroxyl groups excluding tert-OH is 1. The zero-order valence-corrected chi connectivity index (χ0v) is 12.9. The van der Waals surface area contributed by atoms with Gasteiger partial charge in [0.2, 0.25) is 0 Å². The summed E-state index contributed by atoms with van der Waals surface area (Å²) in [6.45, 7) is 2.52. The zero-order valence-electron chi connectivity index (χ0n) is 12.0. The third-order valence-corrected chi connectivity index (χ3v) is 5.08. The SMILES string of the molecule is CCCS(=O)(=O)c1cccc(C(O)C(N)CCNC)c1. The van der Waals surface area contributed by atoms with Gasteiger partial charge in [-0.2, -0.15) is 0 Å². The summed E-state index contributed by atoms with van der Waals surface area (Å²) in [5.74, 6) is 0.109. The van der Waals surface area contributed by atoms with Gasteiger partial charge in [0.25, 0.3) is 0 Å². The van der Waals surface area contributed by atoms with Crippen LogP contribution in [0.4, 0.5) is 0 Å². The van der Waals surface area contributed by atoms with E-state index in [1.165, 1.54) is 6.07 Å². The predicted molar refractivity (Wildman–Crippen MR) is 80.3 cm³/mol. The van der Waals surface area contributed by atoms with Crippen molar-refractivity contribution in [2.24, 2.45) is 5.73 Å². The molecular weight excluding hydrogens is 276 g/mol. The smallest absolute Gasteiger partial charge is 0.178 e. The summed E-state index contributed by atoms with van der Waals surface area (Å²) < 4.78 is 24.1. The predicted octanol–water partition coefficient (Wildman–Crippen LogP) is 0.840. The molecule has 2 unspecified atom stereocenters. The van der Waals surface area contributed by atoms with E-state index in [9.17, 15) is 13.5 Å². The molecule has 0 heterocycles. The molecule has 20 heavy (non-hydrogen) atoms. The van der Waals surface area contributed by atoms with Gasteiger partial charge in [0.05, 0.1) is 16.8 Å². The molecule has 1 aromatic carbocycles. The Hall–Kier alpha value is -0.950. The molecule has 0 radical (unpaired) electrons. The molecule has 0 aliphatic rings. The van der Waals surface area contributed by atoms with Crippen molar-refractivity contribution in [3.8, 4) is 0 Å². The number of nitrogens with two attached hydrogens (primary N) is 1. The first-order chi connectivity index (χ1) is 9.42. The molecule has 0 aliphatic heterocycles. The van der Waals surface area contributed by atoms with E-state index in [-0.39, 0.29) is 10.6 Å². The standard InChI is InChI=1S/C14H24N2O3S/c1-3-9-20(18,19)12-6-4-5-11(10-12)14(17)13(15)7-8-16-2/h4-6,10,13-14,16-17H,3,7-9,15H2,1-2H3. The molecule has 1 rings (SSSR count). The Morgan fingerprint density at radius 2 is 2.10 bits per heavy atom. The highest BCUT2D eigenvalue weighted by Crippen LogP contribution is 2.21. The van der Waals surface area contributed by atoms with Gasteiger partial charge in [-0.1, -0.05) is 19.1 Å². The molecule has 5 nitrogen and oxygen atoms in total. The maximum absolute atomic E-state index is 12.0. The van der Waals surface area contributed by atoms with Crippen molar-refractivity contribution in [3.05, 3.63) is 29.8 Å². The van der Waals surface area contributed by atoms with Crippen molar-refractivity contribution in [2.75, 3.05) is 19.3 Å². The minimum Gasteiger partial charge on any atom is -0.387 e. The van der Waals surface area contributed by atoms with Crippen LogP contribution < -0.4 is 11.1 Å². The fourth-order valence-corrected chi connectivity index (χ4v) is 3.37. The monoisotopic (exact) mass is 300 g/mol. The first-order valence-corrected chi connectivity index (χ1v) is 8.48. The molecule has 0 saturated heterocycles. The Bertz CT molecular complexity index is 517. The quantitative estimate of drug-likeness (QED) is 0.661. The van der Waals surface area contributed by atoms with Gasteiger partial charge < -0.3 is 16.2 Å². The molecule has 0 spiro atoms. The molecule has 1 aromatic rings. The summed E-state index contributed by atoms with van der Waals surface area (Å²) in [5, 5.41) is 13.2. The van der Waals surface area contributed by atoms with E-state index in [4.69, 9.17) is 5.73 Å². The van der Waals surface area contributed by atoms with E-state index in [0.29, 0.717) is 24.9 Å². The molecule has 114 valence electrons. The topological polar surface area (TPSA) is 92.4 Å². The third-order valence-electron chi connectivity index (χ3n) is 3.16. The maximum atomic E-state index is 12.0. The second kappa shape index (κ2) is 7.73. The van der Waals surface area contributed by atoms with E-state index in [0.717, 1.165) is 0 Å². The Balaban J connectivity index is 2.93. The summed E-state index contributed by atoms with van der Waals surface area (Å²) in [4.78, 5) is 0.247. The Morgan fingerprint density at radius 3 is 2.70 bits per heavy atom. The summed E-state index contributed by atoms with van der Waals surface area (Å²) in [7, 11) is -1.46. The van der Waals surface area contributed by atoms with Gasteiger partial charge in [-0.25, -0.2) is 8.42 Å². The number of nitrogens with one attached hydrogen (secondary N) is 1. The highest BCUT2D eigenvalue weighted by molar-refractivity contribution is 7.91. The van der Waals surface area contributed by atoms with Crippen molar-refractivity contribution >= 4 is 9.84 Å². The highest BCUT2D eigenvalue weighted by atomic mass is 32.2. The fourth-order valence-electron chi connectivity index (χ4n) is 1.99. The number of benzene rings is 1. The lowest BCUT2D eigenvalue weighted by atomic mass is 10.0. The van der Waals surface area contributed by atoms with Gasteiger partial charge in [0.15, 0.2) is 9.84 Å². The first kappa shape index (κ1) is 17.1. The number of aliphatic hydroxyl groups is 1. The second-order valence-corrected chi connectivity index (χ2v) is 7.00. The van der Waals surface area contributed by atoms with Crippen LogP contribution in [0.2, 0.25) is 0 Å². The van der Waals surface area contributed by atoms with Gasteiger partial charge in [0.1, 0.15) is 0 Å². The van der Waals surface area contributed by atoms with Crippen molar-refractivity contribution < 1.29 is 13.5 Å². The van der Waals surface area contributed by atoms with Gasteiger partial charge >= 0.3 is 0 Å². The lowest BCUT2D eigenvalue weighted by Gasteiger charge is -2.19. The van der Waals surface area contributed by atoms with E-state index < -0.39 is 22.0 Å². The third kappa shape index (κ3) is 4.56. The van der Waals surface area contributed by atoms with Crippen LogP contribution in [0.15, 0.2) is 29.2 Å². The second-order valence-electron chi connectivity index (χ2n) is 4.89. The summed E-state index contributed by atoms with van der Waals surface area (Å²) in [6, 6.07) is 6.00. The molecule has 0 aromatic heterocycles.